The number of halogens is 1. The molecule has 11 heteroatoms. The predicted molar refractivity (Wildman–Crippen MR) is 159 cm³/mol. The molecule has 0 radical (unpaired) electrons. The smallest absolute Gasteiger partial charge is 0.293 e. The molecular weight excluding hydrogens is 568 g/mol. The number of hydrogen-bond acceptors (Lipinski definition) is 8. The summed E-state index contributed by atoms with van der Waals surface area (Å²) in [4.78, 5) is 39.3. The number of methoxy groups -OCH3 is 1. The minimum absolute atomic E-state index is 0.0912. The molecule has 3 amide bonds. The summed E-state index contributed by atoms with van der Waals surface area (Å²) in [6.45, 7) is 4.02. The van der Waals surface area contributed by atoms with Crippen LogP contribution in [0.1, 0.15) is 18.1 Å². The van der Waals surface area contributed by atoms with Crippen molar-refractivity contribution in [2.24, 2.45) is 0 Å². The zero-order valence-corrected chi connectivity index (χ0v) is 24.3. The lowest BCUT2D eigenvalue weighted by Crippen LogP contribution is -2.32. The number of benzene rings is 3. The molecule has 1 saturated heterocycles. The first-order valence-electron chi connectivity index (χ1n) is 12.8. The van der Waals surface area contributed by atoms with Gasteiger partial charge in [0, 0.05) is 10.7 Å². The van der Waals surface area contributed by atoms with Crippen molar-refractivity contribution in [1.29, 1.82) is 0 Å². The van der Waals surface area contributed by atoms with Crippen molar-refractivity contribution in [3.63, 3.8) is 0 Å². The Kier molecular flexibility index (Phi) is 10.2. The van der Waals surface area contributed by atoms with Gasteiger partial charge in [-0.1, -0.05) is 35.9 Å². The van der Waals surface area contributed by atoms with Crippen LogP contribution in [0.3, 0.4) is 0 Å². The highest BCUT2D eigenvalue weighted by molar-refractivity contribution is 8.18. The quantitative estimate of drug-likeness (QED) is 0.247. The average Bonchev–Trinajstić information content (AvgIpc) is 3.22. The number of thioether (sulfide) groups is 1. The number of rotatable bonds is 12. The molecule has 0 unspecified atom stereocenters. The van der Waals surface area contributed by atoms with Crippen molar-refractivity contribution >= 4 is 52.2 Å². The van der Waals surface area contributed by atoms with Crippen LogP contribution >= 0.6 is 23.4 Å². The standard InChI is InChI=1S/C30H29ClN2O7S/c1-4-38-26-15-20(10-12-25(26)40-18-28(34)32-21-11-9-19(2)22(31)17-21)16-27-29(35)33(30(36)41-27)13-14-39-24-8-6-5-7-23(24)37-3/h5-12,15-17H,4,13-14,18H2,1-3H3,(H,32,34)/b27-16-. The first-order chi connectivity index (χ1) is 19.8. The van der Waals surface area contributed by atoms with Crippen molar-refractivity contribution in [1.82, 2.24) is 4.90 Å². The molecule has 0 saturated carbocycles. The molecule has 4 rings (SSSR count). The largest absolute Gasteiger partial charge is 0.493 e. The highest BCUT2D eigenvalue weighted by atomic mass is 35.5. The zero-order chi connectivity index (χ0) is 29.4. The number of nitrogens with one attached hydrogen (secondary N) is 1. The summed E-state index contributed by atoms with van der Waals surface area (Å²) >= 11 is 6.98. The van der Waals surface area contributed by atoms with E-state index in [-0.39, 0.29) is 35.8 Å². The van der Waals surface area contributed by atoms with Gasteiger partial charge in [0.05, 0.1) is 25.2 Å². The van der Waals surface area contributed by atoms with Gasteiger partial charge in [0.15, 0.2) is 29.6 Å². The van der Waals surface area contributed by atoms with Crippen LogP contribution in [0.2, 0.25) is 5.02 Å². The van der Waals surface area contributed by atoms with Crippen molar-refractivity contribution < 1.29 is 33.3 Å². The Morgan fingerprint density at radius 1 is 0.976 bits per heavy atom. The van der Waals surface area contributed by atoms with E-state index in [2.05, 4.69) is 5.32 Å². The number of nitrogens with zero attached hydrogens (tertiary/aromatic N) is 1. The van der Waals surface area contributed by atoms with Gasteiger partial charge in [-0.05, 0) is 79.2 Å². The van der Waals surface area contributed by atoms with Crippen LogP contribution < -0.4 is 24.3 Å². The number of aryl methyl sites for hydroxylation is 1. The van der Waals surface area contributed by atoms with Crippen LogP contribution in [0.15, 0.2) is 65.6 Å². The highest BCUT2D eigenvalue weighted by Crippen LogP contribution is 2.35. The van der Waals surface area contributed by atoms with Gasteiger partial charge in [-0.2, -0.15) is 0 Å². The molecule has 1 N–H and O–H groups in total. The van der Waals surface area contributed by atoms with E-state index < -0.39 is 5.91 Å². The van der Waals surface area contributed by atoms with E-state index in [1.807, 2.05) is 32.0 Å². The van der Waals surface area contributed by atoms with Crippen molar-refractivity contribution in [2.45, 2.75) is 13.8 Å². The average molecular weight is 597 g/mol. The molecule has 41 heavy (non-hydrogen) atoms. The summed E-state index contributed by atoms with van der Waals surface area (Å²) in [5.41, 5.74) is 2.11. The third-order valence-electron chi connectivity index (χ3n) is 5.89. The van der Waals surface area contributed by atoms with Crippen LogP contribution in [0.4, 0.5) is 10.5 Å². The van der Waals surface area contributed by atoms with Gasteiger partial charge in [0.25, 0.3) is 17.1 Å². The fraction of sp³-hybridized carbons (Fsp3) is 0.233. The summed E-state index contributed by atoms with van der Waals surface area (Å²) in [5, 5.41) is 2.92. The highest BCUT2D eigenvalue weighted by Gasteiger charge is 2.35. The van der Waals surface area contributed by atoms with Gasteiger partial charge in [-0.3, -0.25) is 19.3 Å². The normalized spacial score (nSPS) is 13.9. The van der Waals surface area contributed by atoms with E-state index in [1.54, 1.807) is 55.7 Å². The molecular formula is C30H29ClN2O7S. The number of imide groups is 1. The molecule has 9 nitrogen and oxygen atoms in total. The third kappa shape index (κ3) is 7.74. The molecule has 1 aliphatic heterocycles. The lowest BCUT2D eigenvalue weighted by atomic mass is 10.2. The second-order valence-electron chi connectivity index (χ2n) is 8.77. The van der Waals surface area contributed by atoms with Crippen molar-refractivity contribution in [3.8, 4) is 23.0 Å². The van der Waals surface area contributed by atoms with Crippen LogP contribution in [-0.2, 0) is 9.59 Å². The minimum Gasteiger partial charge on any atom is -0.493 e. The number of amides is 3. The molecule has 0 aliphatic carbocycles. The van der Waals surface area contributed by atoms with Crippen molar-refractivity contribution in [3.05, 3.63) is 81.7 Å². The maximum atomic E-state index is 13.0. The number of carbonyl (C=O) groups is 3. The molecule has 0 spiro atoms. The fourth-order valence-electron chi connectivity index (χ4n) is 3.84. The molecule has 1 fully saturated rings. The van der Waals surface area contributed by atoms with E-state index in [0.29, 0.717) is 45.9 Å². The molecule has 214 valence electrons. The Bertz CT molecular complexity index is 1480. The molecule has 0 atom stereocenters. The lowest BCUT2D eigenvalue weighted by Gasteiger charge is -2.14. The van der Waals surface area contributed by atoms with E-state index in [4.69, 9.17) is 30.5 Å². The SMILES string of the molecule is CCOc1cc(/C=C2\SC(=O)N(CCOc3ccccc3OC)C2=O)ccc1OCC(=O)Nc1ccc(C)c(Cl)c1. The van der Waals surface area contributed by atoms with Gasteiger partial charge >= 0.3 is 0 Å². The maximum Gasteiger partial charge on any atom is 0.293 e. The first kappa shape index (κ1) is 29.8. The van der Waals surface area contributed by atoms with Crippen molar-refractivity contribution in [2.75, 3.05) is 38.8 Å². The van der Waals surface area contributed by atoms with Gasteiger partial charge in [-0.15, -0.1) is 0 Å². The summed E-state index contributed by atoms with van der Waals surface area (Å²) < 4.78 is 22.4. The van der Waals surface area contributed by atoms with Gasteiger partial charge < -0.3 is 24.3 Å². The lowest BCUT2D eigenvalue weighted by molar-refractivity contribution is -0.123. The zero-order valence-electron chi connectivity index (χ0n) is 22.8. The molecule has 0 aromatic heterocycles. The Morgan fingerprint density at radius 3 is 2.46 bits per heavy atom. The van der Waals surface area contributed by atoms with E-state index in [0.717, 1.165) is 22.2 Å². The molecule has 1 heterocycles. The Morgan fingerprint density at radius 2 is 1.73 bits per heavy atom. The van der Waals surface area contributed by atoms with Crippen LogP contribution in [0.25, 0.3) is 6.08 Å². The summed E-state index contributed by atoms with van der Waals surface area (Å²) in [7, 11) is 1.54. The summed E-state index contributed by atoms with van der Waals surface area (Å²) in [6.07, 6.45) is 1.62. The molecule has 1 aliphatic rings. The van der Waals surface area contributed by atoms with Crippen LogP contribution in [0, 0.1) is 6.92 Å². The Hall–Kier alpha value is -4.15. The molecule has 0 bridgehead atoms. The topological polar surface area (TPSA) is 103 Å². The second-order valence-corrected chi connectivity index (χ2v) is 10.2. The number of carbonyl (C=O) groups excluding carboxylic acids is 3. The van der Waals surface area contributed by atoms with Gasteiger partial charge in [-0.25, -0.2) is 0 Å². The van der Waals surface area contributed by atoms with Gasteiger partial charge in [0.2, 0.25) is 0 Å². The van der Waals surface area contributed by atoms with Crippen LogP contribution in [-0.4, -0.2) is 55.4 Å². The number of ether oxygens (including phenoxy) is 4. The minimum atomic E-state index is -0.408. The van der Waals surface area contributed by atoms with E-state index in [1.165, 1.54) is 0 Å². The Labute approximate surface area is 247 Å². The second kappa shape index (κ2) is 14.0. The third-order valence-corrected chi connectivity index (χ3v) is 7.21. The number of hydrogen-bond donors (Lipinski definition) is 1. The number of para-hydroxylation sites is 2. The monoisotopic (exact) mass is 596 g/mol. The summed E-state index contributed by atoms with van der Waals surface area (Å²) in [6, 6.07) is 17.5. The maximum absolute atomic E-state index is 13.0. The summed E-state index contributed by atoms with van der Waals surface area (Å²) in [5.74, 6) is 1.09. The van der Waals surface area contributed by atoms with Gasteiger partial charge in [0.1, 0.15) is 6.61 Å². The van der Waals surface area contributed by atoms with E-state index in [9.17, 15) is 14.4 Å². The van der Waals surface area contributed by atoms with E-state index >= 15 is 0 Å². The predicted octanol–water partition coefficient (Wildman–Crippen LogP) is 6.19. The number of anilines is 1. The fourth-order valence-corrected chi connectivity index (χ4v) is 4.89. The first-order valence-corrected chi connectivity index (χ1v) is 13.9. The molecule has 3 aromatic rings. The van der Waals surface area contributed by atoms with Crippen LogP contribution in [0.5, 0.6) is 23.0 Å². The Balaban J connectivity index is 1.38. The molecule has 3 aromatic carbocycles.